The lowest BCUT2D eigenvalue weighted by atomic mass is 10.1. The number of hydrogen-bond donors (Lipinski definition) is 0. The summed E-state index contributed by atoms with van der Waals surface area (Å²) in [6.07, 6.45) is -1.75. The minimum atomic E-state index is -4.53. The lowest BCUT2D eigenvalue weighted by Crippen LogP contribution is -2.36. The van der Waals surface area contributed by atoms with Gasteiger partial charge in [0.1, 0.15) is 24.5 Å². The topological polar surface area (TPSA) is 63.9 Å². The third kappa shape index (κ3) is 3.44. The van der Waals surface area contributed by atoms with Crippen LogP contribution in [-0.2, 0) is 6.54 Å². The van der Waals surface area contributed by atoms with E-state index in [9.17, 15) is 18.0 Å². The molecule has 2 aromatic heterocycles. The van der Waals surface area contributed by atoms with Gasteiger partial charge in [-0.1, -0.05) is 12.1 Å². The third-order valence-electron chi connectivity index (χ3n) is 4.86. The summed E-state index contributed by atoms with van der Waals surface area (Å²) in [5.74, 6) is 0.741. The Morgan fingerprint density at radius 1 is 1.21 bits per heavy atom. The maximum atomic E-state index is 13.2. The van der Waals surface area contributed by atoms with Crippen molar-refractivity contribution in [3.8, 4) is 0 Å². The Kier molecular flexibility index (Phi) is 4.52. The normalized spacial score (nSPS) is 17.4. The summed E-state index contributed by atoms with van der Waals surface area (Å²) in [5, 5.41) is 0.179. The molecule has 0 bridgehead atoms. The van der Waals surface area contributed by atoms with E-state index in [1.54, 1.807) is 24.3 Å². The fourth-order valence-electron chi connectivity index (χ4n) is 3.68. The molecule has 4 rings (SSSR count). The van der Waals surface area contributed by atoms with Crippen molar-refractivity contribution < 1.29 is 13.2 Å². The van der Waals surface area contributed by atoms with Crippen LogP contribution in [0.4, 0.5) is 19.0 Å². The van der Waals surface area contributed by atoms with Crippen LogP contribution in [0.15, 0.2) is 41.5 Å². The average Bonchev–Trinajstić information content (AvgIpc) is 3.12. The quantitative estimate of drug-likeness (QED) is 0.687. The minimum absolute atomic E-state index is 0.120. The largest absolute Gasteiger partial charge is 0.406 e. The molecule has 0 amide bonds. The van der Waals surface area contributed by atoms with E-state index in [0.717, 1.165) is 16.7 Å². The fraction of sp³-hybridized carbons (Fsp3) is 0.368. The number of halogens is 3. The first-order valence-corrected chi connectivity index (χ1v) is 8.95. The first-order valence-electron chi connectivity index (χ1n) is 8.95. The molecule has 1 saturated heterocycles. The van der Waals surface area contributed by atoms with Crippen LogP contribution >= 0.6 is 0 Å². The molecule has 0 radical (unpaired) electrons. The van der Waals surface area contributed by atoms with Gasteiger partial charge in [0, 0.05) is 18.3 Å². The zero-order valence-corrected chi connectivity index (χ0v) is 15.1. The molecular formula is C19H18F3N5O. The van der Waals surface area contributed by atoms with Crippen molar-refractivity contribution in [1.82, 2.24) is 19.5 Å². The van der Waals surface area contributed by atoms with Gasteiger partial charge in [0.15, 0.2) is 0 Å². The molecule has 146 valence electrons. The SMILES string of the molecule is Cc1cc(N2CCCC2c2nc3ccccc3c(=O)n2CC(F)(F)F)ncn1. The molecule has 1 aromatic carbocycles. The highest BCUT2D eigenvalue weighted by Gasteiger charge is 2.35. The Morgan fingerprint density at radius 3 is 2.75 bits per heavy atom. The number of aromatic nitrogens is 4. The van der Waals surface area contributed by atoms with Gasteiger partial charge in [-0.15, -0.1) is 0 Å². The Balaban J connectivity index is 1.88. The highest BCUT2D eigenvalue weighted by Crippen LogP contribution is 2.35. The van der Waals surface area contributed by atoms with E-state index in [4.69, 9.17) is 0 Å². The summed E-state index contributed by atoms with van der Waals surface area (Å²) >= 11 is 0. The number of aryl methyl sites for hydroxylation is 1. The highest BCUT2D eigenvalue weighted by molar-refractivity contribution is 5.77. The van der Waals surface area contributed by atoms with Gasteiger partial charge in [0.05, 0.1) is 16.9 Å². The van der Waals surface area contributed by atoms with Crippen LogP contribution in [0.2, 0.25) is 0 Å². The first-order chi connectivity index (χ1) is 13.3. The summed E-state index contributed by atoms with van der Waals surface area (Å²) < 4.78 is 40.5. The maximum Gasteiger partial charge on any atom is 0.406 e. The third-order valence-corrected chi connectivity index (χ3v) is 4.86. The molecule has 28 heavy (non-hydrogen) atoms. The molecule has 0 spiro atoms. The molecule has 1 aliphatic heterocycles. The van der Waals surface area contributed by atoms with Crippen molar-refractivity contribution >= 4 is 16.7 Å². The van der Waals surface area contributed by atoms with Crippen LogP contribution in [0.5, 0.6) is 0 Å². The molecule has 1 unspecified atom stereocenters. The second-order valence-corrected chi connectivity index (χ2v) is 6.86. The number of nitrogens with zero attached hydrogens (tertiary/aromatic N) is 5. The lowest BCUT2D eigenvalue weighted by molar-refractivity contribution is -0.141. The van der Waals surface area contributed by atoms with E-state index in [-0.39, 0.29) is 11.2 Å². The van der Waals surface area contributed by atoms with Gasteiger partial charge in [-0.05, 0) is 31.9 Å². The van der Waals surface area contributed by atoms with E-state index in [1.807, 2.05) is 11.8 Å². The van der Waals surface area contributed by atoms with Gasteiger partial charge in [0.2, 0.25) is 0 Å². The van der Waals surface area contributed by atoms with Gasteiger partial charge >= 0.3 is 6.18 Å². The molecule has 0 aliphatic carbocycles. The Morgan fingerprint density at radius 2 is 2.00 bits per heavy atom. The van der Waals surface area contributed by atoms with Crippen molar-refractivity contribution in [1.29, 1.82) is 0 Å². The Labute approximate surface area is 158 Å². The molecule has 1 atom stereocenters. The highest BCUT2D eigenvalue weighted by atomic mass is 19.4. The predicted molar refractivity (Wildman–Crippen MR) is 98.1 cm³/mol. The van der Waals surface area contributed by atoms with Gasteiger partial charge in [-0.3, -0.25) is 9.36 Å². The summed E-state index contributed by atoms with van der Waals surface area (Å²) in [5.41, 5.74) is 0.477. The molecular weight excluding hydrogens is 371 g/mol. The van der Waals surface area contributed by atoms with E-state index >= 15 is 0 Å². The van der Waals surface area contributed by atoms with Gasteiger partial charge in [0.25, 0.3) is 5.56 Å². The summed E-state index contributed by atoms with van der Waals surface area (Å²) in [4.78, 5) is 27.6. The second kappa shape index (κ2) is 6.88. The van der Waals surface area contributed by atoms with Crippen LogP contribution < -0.4 is 10.5 Å². The number of alkyl halides is 3. The number of rotatable bonds is 3. The van der Waals surface area contributed by atoms with Crippen molar-refractivity contribution in [3.63, 3.8) is 0 Å². The Hall–Kier alpha value is -2.97. The summed E-state index contributed by atoms with van der Waals surface area (Å²) in [7, 11) is 0. The number of para-hydroxylation sites is 1. The number of fused-ring (bicyclic) bond motifs is 1. The minimum Gasteiger partial charge on any atom is -0.346 e. The van der Waals surface area contributed by atoms with Crippen molar-refractivity contribution in [3.05, 3.63) is 58.5 Å². The molecule has 3 aromatic rings. The Bertz CT molecular complexity index is 1080. The molecule has 1 aliphatic rings. The van der Waals surface area contributed by atoms with Crippen molar-refractivity contribution in [2.45, 2.75) is 38.5 Å². The molecule has 9 heteroatoms. The zero-order valence-electron chi connectivity index (χ0n) is 15.1. The van der Waals surface area contributed by atoms with Crippen LogP contribution in [0, 0.1) is 6.92 Å². The maximum absolute atomic E-state index is 13.2. The molecule has 6 nitrogen and oxygen atoms in total. The van der Waals surface area contributed by atoms with E-state index < -0.39 is 24.3 Å². The van der Waals surface area contributed by atoms with E-state index in [0.29, 0.717) is 24.3 Å². The van der Waals surface area contributed by atoms with Crippen LogP contribution in [-0.4, -0.2) is 32.2 Å². The lowest BCUT2D eigenvalue weighted by Gasteiger charge is -2.27. The van der Waals surface area contributed by atoms with Crippen LogP contribution in [0.1, 0.15) is 30.4 Å². The standard InChI is InChI=1S/C19H18F3N5O/c1-12-9-16(24-11-23-12)26-8-4-7-15(26)17-25-14-6-3-2-5-13(14)18(28)27(17)10-19(20,21)22/h2-3,5-6,9,11,15H,4,7-8,10H2,1H3. The van der Waals surface area contributed by atoms with E-state index in [1.165, 1.54) is 12.4 Å². The van der Waals surface area contributed by atoms with Crippen molar-refractivity contribution in [2.24, 2.45) is 0 Å². The molecule has 3 heterocycles. The predicted octanol–water partition coefficient (Wildman–Crippen LogP) is 3.40. The molecule has 0 N–H and O–H groups in total. The number of benzene rings is 1. The molecule has 1 fully saturated rings. The number of anilines is 1. The van der Waals surface area contributed by atoms with Gasteiger partial charge in [-0.25, -0.2) is 15.0 Å². The van der Waals surface area contributed by atoms with E-state index in [2.05, 4.69) is 15.0 Å². The first kappa shape index (κ1) is 18.4. The second-order valence-electron chi connectivity index (χ2n) is 6.86. The zero-order chi connectivity index (χ0) is 19.9. The summed E-state index contributed by atoms with van der Waals surface area (Å²) in [6.45, 7) is 1.08. The van der Waals surface area contributed by atoms with Gasteiger partial charge in [-0.2, -0.15) is 13.2 Å². The van der Waals surface area contributed by atoms with Crippen molar-refractivity contribution in [2.75, 3.05) is 11.4 Å². The van der Waals surface area contributed by atoms with Gasteiger partial charge < -0.3 is 4.90 Å². The molecule has 0 saturated carbocycles. The smallest absolute Gasteiger partial charge is 0.346 e. The fourth-order valence-corrected chi connectivity index (χ4v) is 3.68. The van der Waals surface area contributed by atoms with Crippen LogP contribution in [0.25, 0.3) is 10.9 Å². The monoisotopic (exact) mass is 389 g/mol. The average molecular weight is 389 g/mol. The summed E-state index contributed by atoms with van der Waals surface area (Å²) in [6, 6.07) is 7.80. The van der Waals surface area contributed by atoms with Crippen LogP contribution in [0.3, 0.4) is 0 Å². The number of hydrogen-bond acceptors (Lipinski definition) is 5.